The van der Waals surface area contributed by atoms with Gasteiger partial charge in [0.1, 0.15) is 5.82 Å². The third-order valence-corrected chi connectivity index (χ3v) is 2.87. The van der Waals surface area contributed by atoms with E-state index < -0.39 is 0 Å². The molecule has 84 valence electrons. The molecule has 0 saturated carbocycles. The van der Waals surface area contributed by atoms with E-state index in [2.05, 4.69) is 4.90 Å². The molecule has 0 aliphatic carbocycles. The van der Waals surface area contributed by atoms with E-state index in [-0.39, 0.29) is 10.8 Å². The van der Waals surface area contributed by atoms with Gasteiger partial charge in [-0.2, -0.15) is 0 Å². The normalized spacial score (nSPS) is 11.0. The highest BCUT2D eigenvalue weighted by Crippen LogP contribution is 2.20. The molecule has 15 heavy (non-hydrogen) atoms. The van der Waals surface area contributed by atoms with Crippen molar-refractivity contribution in [1.82, 2.24) is 4.90 Å². The zero-order valence-corrected chi connectivity index (χ0v) is 10.2. The number of benzene rings is 1. The minimum atomic E-state index is -0.365. The Morgan fingerprint density at radius 3 is 2.73 bits per heavy atom. The van der Waals surface area contributed by atoms with Crippen LogP contribution in [0.1, 0.15) is 12.5 Å². The van der Waals surface area contributed by atoms with Crippen LogP contribution in [0.3, 0.4) is 0 Å². The minimum absolute atomic E-state index is 0.213. The molecule has 1 nitrogen and oxygen atoms in total. The van der Waals surface area contributed by atoms with Crippen molar-refractivity contribution in [2.75, 3.05) is 19.0 Å². The molecule has 1 aromatic carbocycles. The van der Waals surface area contributed by atoms with Crippen LogP contribution in [0.2, 0.25) is 5.02 Å². The van der Waals surface area contributed by atoms with E-state index in [0.717, 1.165) is 18.7 Å². The number of hydrogen-bond acceptors (Lipinski definition) is 1. The molecule has 0 unspecified atom stereocenters. The number of hydrogen-bond donors (Lipinski definition) is 0. The monoisotopic (exact) mass is 249 g/mol. The first kappa shape index (κ1) is 12.8. The summed E-state index contributed by atoms with van der Waals surface area (Å²) in [5, 5.41) is 0.213. The number of halogens is 3. The van der Waals surface area contributed by atoms with Crippen LogP contribution < -0.4 is 0 Å². The molecule has 0 radical (unpaired) electrons. The molecule has 0 bridgehead atoms. The summed E-state index contributed by atoms with van der Waals surface area (Å²) in [6, 6.07) is 4.87. The zero-order chi connectivity index (χ0) is 11.3. The van der Waals surface area contributed by atoms with Gasteiger partial charge in [-0.3, -0.25) is 4.90 Å². The largest absolute Gasteiger partial charge is 0.298 e. The van der Waals surface area contributed by atoms with Crippen LogP contribution in [0.5, 0.6) is 0 Å². The first-order valence-corrected chi connectivity index (χ1v) is 5.81. The van der Waals surface area contributed by atoms with E-state index in [4.69, 9.17) is 23.2 Å². The van der Waals surface area contributed by atoms with Gasteiger partial charge in [0.25, 0.3) is 0 Å². The van der Waals surface area contributed by atoms with Crippen LogP contribution in [0.4, 0.5) is 4.39 Å². The lowest BCUT2D eigenvalue weighted by atomic mass is 10.2. The summed E-state index contributed by atoms with van der Waals surface area (Å²) in [7, 11) is 0. The molecule has 4 heteroatoms. The molecule has 0 spiro atoms. The Bertz CT molecular complexity index is 317. The fourth-order valence-corrected chi connectivity index (χ4v) is 1.80. The Labute approximate surface area is 99.8 Å². The molecule has 0 fully saturated rings. The van der Waals surface area contributed by atoms with E-state index in [1.165, 1.54) is 6.07 Å². The van der Waals surface area contributed by atoms with Gasteiger partial charge >= 0.3 is 0 Å². The van der Waals surface area contributed by atoms with E-state index in [1.807, 2.05) is 13.0 Å². The molecule has 0 aliphatic rings. The summed E-state index contributed by atoms with van der Waals surface area (Å²) in [5.74, 6) is 0.205. The van der Waals surface area contributed by atoms with Crippen molar-refractivity contribution < 1.29 is 4.39 Å². The van der Waals surface area contributed by atoms with Crippen LogP contribution in [-0.2, 0) is 6.54 Å². The maximum absolute atomic E-state index is 13.1. The molecule has 0 aromatic heterocycles. The fourth-order valence-electron chi connectivity index (χ4n) is 1.38. The smallest absolute Gasteiger partial charge is 0.142 e. The Balaban J connectivity index is 2.74. The Hall–Kier alpha value is -0.310. The maximum Gasteiger partial charge on any atom is 0.142 e. The summed E-state index contributed by atoms with van der Waals surface area (Å²) in [5.41, 5.74) is 0.809. The highest BCUT2D eigenvalue weighted by atomic mass is 35.5. The number of alkyl halides is 1. The lowest BCUT2D eigenvalue weighted by Crippen LogP contribution is -2.25. The van der Waals surface area contributed by atoms with Crippen molar-refractivity contribution in [3.8, 4) is 0 Å². The Morgan fingerprint density at radius 2 is 2.13 bits per heavy atom. The fraction of sp³-hybridized carbons (Fsp3) is 0.455. The lowest BCUT2D eigenvalue weighted by molar-refractivity contribution is 0.297. The topological polar surface area (TPSA) is 3.24 Å². The molecule has 0 heterocycles. The molecule has 1 rings (SSSR count). The van der Waals surface area contributed by atoms with Gasteiger partial charge in [-0.15, -0.1) is 11.6 Å². The van der Waals surface area contributed by atoms with Gasteiger partial charge in [0, 0.05) is 19.0 Å². The average Bonchev–Trinajstić information content (AvgIpc) is 2.24. The van der Waals surface area contributed by atoms with Crippen molar-refractivity contribution in [3.05, 3.63) is 34.6 Å². The van der Waals surface area contributed by atoms with Crippen LogP contribution in [0, 0.1) is 5.82 Å². The van der Waals surface area contributed by atoms with Crippen molar-refractivity contribution in [2.24, 2.45) is 0 Å². The molecule has 0 aliphatic heterocycles. The lowest BCUT2D eigenvalue weighted by Gasteiger charge is -2.19. The highest BCUT2D eigenvalue weighted by Gasteiger charge is 2.09. The highest BCUT2D eigenvalue weighted by molar-refractivity contribution is 6.31. The Kier molecular flexibility index (Phi) is 5.37. The zero-order valence-electron chi connectivity index (χ0n) is 8.64. The molecule has 1 aromatic rings. The van der Waals surface area contributed by atoms with Crippen molar-refractivity contribution in [2.45, 2.75) is 13.5 Å². The third kappa shape index (κ3) is 3.63. The van der Waals surface area contributed by atoms with Crippen LogP contribution in [0.15, 0.2) is 18.2 Å². The minimum Gasteiger partial charge on any atom is -0.298 e. The van der Waals surface area contributed by atoms with Gasteiger partial charge in [0.05, 0.1) is 5.02 Å². The first-order valence-electron chi connectivity index (χ1n) is 4.90. The summed E-state index contributed by atoms with van der Waals surface area (Å²) < 4.78 is 13.1. The standard InChI is InChI=1S/C11H14Cl2FN/c1-2-15(7-6-12)8-9-4-3-5-10(14)11(9)13/h3-5H,2,6-8H2,1H3. The number of rotatable bonds is 5. The second-order valence-corrected chi connectivity index (χ2v) is 4.03. The van der Waals surface area contributed by atoms with Crippen molar-refractivity contribution >= 4 is 23.2 Å². The van der Waals surface area contributed by atoms with E-state index in [0.29, 0.717) is 12.4 Å². The van der Waals surface area contributed by atoms with Gasteiger partial charge in [-0.25, -0.2) is 4.39 Å². The van der Waals surface area contributed by atoms with Gasteiger partial charge in [-0.05, 0) is 18.2 Å². The quantitative estimate of drug-likeness (QED) is 0.722. The van der Waals surface area contributed by atoms with Crippen molar-refractivity contribution in [3.63, 3.8) is 0 Å². The molecular weight excluding hydrogens is 236 g/mol. The second kappa shape index (κ2) is 6.31. The van der Waals surface area contributed by atoms with Gasteiger partial charge in [-0.1, -0.05) is 30.7 Å². The molecule has 0 amide bonds. The molecule has 0 N–H and O–H groups in total. The van der Waals surface area contributed by atoms with Gasteiger partial charge in [0.2, 0.25) is 0 Å². The molecule has 0 saturated heterocycles. The molecular formula is C11H14Cl2FN. The van der Waals surface area contributed by atoms with Crippen LogP contribution in [-0.4, -0.2) is 23.9 Å². The first-order chi connectivity index (χ1) is 7.19. The third-order valence-electron chi connectivity index (χ3n) is 2.27. The second-order valence-electron chi connectivity index (χ2n) is 3.27. The summed E-state index contributed by atoms with van der Waals surface area (Å²) >= 11 is 11.5. The number of nitrogens with zero attached hydrogens (tertiary/aromatic N) is 1. The van der Waals surface area contributed by atoms with Crippen LogP contribution in [0.25, 0.3) is 0 Å². The van der Waals surface area contributed by atoms with Gasteiger partial charge < -0.3 is 0 Å². The summed E-state index contributed by atoms with van der Waals surface area (Å²) in [4.78, 5) is 2.12. The molecule has 0 atom stereocenters. The summed E-state index contributed by atoms with van der Waals surface area (Å²) in [6.45, 7) is 4.34. The average molecular weight is 250 g/mol. The summed E-state index contributed by atoms with van der Waals surface area (Å²) in [6.07, 6.45) is 0. The van der Waals surface area contributed by atoms with E-state index in [1.54, 1.807) is 6.07 Å². The van der Waals surface area contributed by atoms with Gasteiger partial charge in [0.15, 0.2) is 0 Å². The predicted molar refractivity (Wildman–Crippen MR) is 63.1 cm³/mol. The Morgan fingerprint density at radius 1 is 1.40 bits per heavy atom. The maximum atomic E-state index is 13.1. The van der Waals surface area contributed by atoms with Crippen molar-refractivity contribution in [1.29, 1.82) is 0 Å². The van der Waals surface area contributed by atoms with Crippen LogP contribution >= 0.6 is 23.2 Å². The predicted octanol–water partition coefficient (Wildman–Crippen LogP) is 3.54. The van der Waals surface area contributed by atoms with E-state index >= 15 is 0 Å². The van der Waals surface area contributed by atoms with E-state index in [9.17, 15) is 4.39 Å². The SMILES string of the molecule is CCN(CCCl)Cc1cccc(F)c1Cl.